The Labute approximate surface area is 218 Å². The van der Waals surface area contributed by atoms with Crippen LogP contribution in [0.4, 0.5) is 4.39 Å². The van der Waals surface area contributed by atoms with Crippen molar-refractivity contribution >= 4 is 16.6 Å². The van der Waals surface area contributed by atoms with Crippen molar-refractivity contribution in [1.82, 2.24) is 29.5 Å². The van der Waals surface area contributed by atoms with Gasteiger partial charge in [-0.25, -0.2) is 19.3 Å². The predicted molar refractivity (Wildman–Crippen MR) is 145 cm³/mol. The number of pyridine rings is 2. The number of alkyl halides is 1. The number of hydrogen-bond donors (Lipinski definition) is 1. The molecule has 0 unspecified atom stereocenters. The summed E-state index contributed by atoms with van der Waals surface area (Å²) in [7, 11) is 0. The highest BCUT2D eigenvalue weighted by molar-refractivity contribution is 5.98. The summed E-state index contributed by atoms with van der Waals surface area (Å²) in [5.74, 6) is 1.07. The number of nitrogens with zero attached hydrogens (tertiary/aromatic N) is 6. The summed E-state index contributed by atoms with van der Waals surface area (Å²) in [6.07, 6.45) is 5.92. The SMILES string of the molecule is CC1(F)CC(N)(c2ccc(-c3nc4ccn5c(-c6ncccn6)nnc5c4cc3-c3ccccc3)cc2)C1. The molecule has 0 aliphatic heterocycles. The van der Waals surface area contributed by atoms with Gasteiger partial charge in [-0.3, -0.25) is 4.40 Å². The Bertz CT molecular complexity index is 1790. The van der Waals surface area contributed by atoms with Gasteiger partial charge in [-0.1, -0.05) is 54.6 Å². The first-order chi connectivity index (χ1) is 18.4. The fourth-order valence-corrected chi connectivity index (χ4v) is 5.65. The third-order valence-electron chi connectivity index (χ3n) is 7.32. The van der Waals surface area contributed by atoms with Crippen LogP contribution in [0.25, 0.3) is 50.6 Å². The summed E-state index contributed by atoms with van der Waals surface area (Å²) in [5, 5.41) is 9.73. The average Bonchev–Trinajstić information content (AvgIpc) is 3.37. The molecule has 38 heavy (non-hydrogen) atoms. The van der Waals surface area contributed by atoms with Gasteiger partial charge < -0.3 is 5.73 Å². The predicted octanol–water partition coefficient (Wildman–Crippen LogP) is 5.74. The van der Waals surface area contributed by atoms with Gasteiger partial charge in [0.05, 0.1) is 11.2 Å². The zero-order valence-electron chi connectivity index (χ0n) is 20.7. The molecule has 0 saturated heterocycles. The zero-order chi connectivity index (χ0) is 25.9. The van der Waals surface area contributed by atoms with Crippen LogP contribution in [-0.4, -0.2) is 35.2 Å². The smallest absolute Gasteiger partial charge is 0.206 e. The Morgan fingerprint density at radius 1 is 0.868 bits per heavy atom. The average molecular weight is 502 g/mol. The van der Waals surface area contributed by atoms with Gasteiger partial charge in [-0.2, -0.15) is 0 Å². The molecule has 1 aliphatic carbocycles. The van der Waals surface area contributed by atoms with E-state index in [9.17, 15) is 4.39 Å². The van der Waals surface area contributed by atoms with Gasteiger partial charge in [0.2, 0.25) is 5.82 Å². The van der Waals surface area contributed by atoms with Crippen LogP contribution in [0.3, 0.4) is 0 Å². The lowest BCUT2D eigenvalue weighted by atomic mass is 9.64. The molecule has 2 N–H and O–H groups in total. The first-order valence-corrected chi connectivity index (χ1v) is 12.5. The molecule has 4 heterocycles. The van der Waals surface area contributed by atoms with Crippen LogP contribution in [0.15, 0.2) is 91.4 Å². The largest absolute Gasteiger partial charge is 0.321 e. The molecule has 8 heteroatoms. The van der Waals surface area contributed by atoms with Gasteiger partial charge in [0.1, 0.15) is 5.67 Å². The van der Waals surface area contributed by atoms with Gasteiger partial charge in [0.15, 0.2) is 11.5 Å². The van der Waals surface area contributed by atoms with E-state index >= 15 is 0 Å². The highest BCUT2D eigenvalue weighted by Gasteiger charge is 2.51. The van der Waals surface area contributed by atoms with E-state index in [1.54, 1.807) is 25.4 Å². The van der Waals surface area contributed by atoms with E-state index in [1.807, 2.05) is 59.1 Å². The Morgan fingerprint density at radius 3 is 2.32 bits per heavy atom. The molecule has 0 amide bonds. The van der Waals surface area contributed by atoms with Crippen molar-refractivity contribution in [2.45, 2.75) is 31.0 Å². The lowest BCUT2D eigenvalue weighted by Crippen LogP contribution is -2.56. The van der Waals surface area contributed by atoms with Gasteiger partial charge in [-0.15, -0.1) is 10.2 Å². The monoisotopic (exact) mass is 501 g/mol. The molecular formula is C30H24FN7. The van der Waals surface area contributed by atoms with Crippen LogP contribution in [0.1, 0.15) is 25.3 Å². The Kier molecular flexibility index (Phi) is 4.90. The van der Waals surface area contributed by atoms with E-state index in [2.05, 4.69) is 38.4 Å². The maximum Gasteiger partial charge on any atom is 0.206 e. The summed E-state index contributed by atoms with van der Waals surface area (Å²) in [6, 6.07) is 24.0. The van der Waals surface area contributed by atoms with Crippen molar-refractivity contribution in [2.24, 2.45) is 5.73 Å². The summed E-state index contributed by atoms with van der Waals surface area (Å²) >= 11 is 0. The maximum atomic E-state index is 14.2. The Morgan fingerprint density at radius 2 is 1.61 bits per heavy atom. The standard InChI is InChI=1S/C30H24FN7/c1-29(31)17-30(32,18-29)21-10-8-20(9-11-21)25-22(19-6-3-2-4-7-19)16-23-24(35-25)12-15-38-27(23)36-37-28(38)26-33-13-5-14-34-26/h2-16H,17-18,32H2,1H3. The lowest BCUT2D eigenvalue weighted by molar-refractivity contribution is 0.00132. The third kappa shape index (κ3) is 3.64. The maximum absolute atomic E-state index is 14.2. The second kappa shape index (κ2) is 8.22. The van der Waals surface area contributed by atoms with Gasteiger partial charge >= 0.3 is 0 Å². The lowest BCUT2D eigenvalue weighted by Gasteiger charge is -2.48. The topological polar surface area (TPSA) is 94.9 Å². The molecule has 0 bridgehead atoms. The molecular weight excluding hydrogens is 477 g/mol. The zero-order valence-corrected chi connectivity index (χ0v) is 20.7. The molecule has 4 aromatic heterocycles. The summed E-state index contributed by atoms with van der Waals surface area (Å²) in [5.41, 5.74) is 10.9. The number of rotatable bonds is 4. The van der Waals surface area contributed by atoms with Crippen molar-refractivity contribution in [1.29, 1.82) is 0 Å². The van der Waals surface area contributed by atoms with Crippen LogP contribution in [0.2, 0.25) is 0 Å². The molecule has 0 radical (unpaired) electrons. The number of nitrogens with two attached hydrogens (primary N) is 1. The van der Waals surface area contributed by atoms with Gasteiger partial charge in [0, 0.05) is 53.5 Å². The van der Waals surface area contributed by atoms with Crippen molar-refractivity contribution < 1.29 is 4.39 Å². The number of fused-ring (bicyclic) bond motifs is 3. The van der Waals surface area contributed by atoms with Crippen molar-refractivity contribution in [2.75, 3.05) is 0 Å². The van der Waals surface area contributed by atoms with E-state index in [0.717, 1.165) is 38.9 Å². The van der Waals surface area contributed by atoms with Crippen molar-refractivity contribution in [3.05, 3.63) is 97.0 Å². The van der Waals surface area contributed by atoms with E-state index in [-0.39, 0.29) is 0 Å². The fourth-order valence-electron chi connectivity index (χ4n) is 5.65. The summed E-state index contributed by atoms with van der Waals surface area (Å²) in [6.45, 7) is 1.61. The molecule has 1 aliphatic rings. The second-order valence-electron chi connectivity index (χ2n) is 10.3. The molecule has 1 fully saturated rings. The van der Waals surface area contributed by atoms with E-state index in [0.29, 0.717) is 30.1 Å². The summed E-state index contributed by atoms with van der Waals surface area (Å²) in [4.78, 5) is 13.8. The van der Waals surface area contributed by atoms with Gasteiger partial charge in [-0.05, 0) is 36.2 Å². The number of benzene rings is 2. The van der Waals surface area contributed by atoms with Crippen LogP contribution in [-0.2, 0) is 5.54 Å². The Balaban J connectivity index is 1.39. The number of aromatic nitrogens is 6. The molecule has 0 atom stereocenters. The normalized spacial score (nSPS) is 21.0. The first kappa shape index (κ1) is 22.6. The van der Waals surface area contributed by atoms with E-state index < -0.39 is 11.2 Å². The van der Waals surface area contributed by atoms with E-state index in [4.69, 9.17) is 10.7 Å². The van der Waals surface area contributed by atoms with E-state index in [1.165, 1.54) is 0 Å². The minimum absolute atomic E-state index is 0.327. The third-order valence-corrected chi connectivity index (χ3v) is 7.32. The second-order valence-corrected chi connectivity index (χ2v) is 10.3. The quantitative estimate of drug-likeness (QED) is 0.331. The molecule has 2 aromatic carbocycles. The van der Waals surface area contributed by atoms with Crippen LogP contribution >= 0.6 is 0 Å². The molecule has 7 rings (SSSR count). The van der Waals surface area contributed by atoms with Crippen LogP contribution < -0.4 is 5.73 Å². The van der Waals surface area contributed by atoms with Crippen molar-refractivity contribution in [3.8, 4) is 34.0 Å². The first-order valence-electron chi connectivity index (χ1n) is 12.5. The van der Waals surface area contributed by atoms with Crippen LogP contribution in [0, 0.1) is 0 Å². The number of halogens is 1. The van der Waals surface area contributed by atoms with Crippen molar-refractivity contribution in [3.63, 3.8) is 0 Å². The number of hydrogen-bond acceptors (Lipinski definition) is 6. The molecule has 186 valence electrons. The molecule has 7 nitrogen and oxygen atoms in total. The molecule has 1 saturated carbocycles. The fraction of sp³-hybridized carbons (Fsp3) is 0.167. The molecule has 0 spiro atoms. The highest BCUT2D eigenvalue weighted by Crippen LogP contribution is 2.49. The minimum Gasteiger partial charge on any atom is -0.321 e. The summed E-state index contributed by atoms with van der Waals surface area (Å²) < 4.78 is 16.1. The van der Waals surface area contributed by atoms with Gasteiger partial charge in [0.25, 0.3) is 0 Å². The highest BCUT2D eigenvalue weighted by atomic mass is 19.1. The Hall–Kier alpha value is -4.56. The van der Waals surface area contributed by atoms with Crippen LogP contribution in [0.5, 0.6) is 0 Å². The minimum atomic E-state index is -1.20. The molecule has 6 aromatic rings.